The SMILES string of the molecule is CCN(CC)C(=O)Cn1cccc1CNCCOC. The average molecular weight is 267 g/mol. The maximum Gasteiger partial charge on any atom is 0.242 e. The molecule has 0 saturated heterocycles. The maximum atomic E-state index is 12.1. The summed E-state index contributed by atoms with van der Waals surface area (Å²) in [7, 11) is 1.69. The first-order chi connectivity index (χ1) is 9.22. The van der Waals surface area contributed by atoms with Gasteiger partial charge in [0, 0.05) is 45.2 Å². The highest BCUT2D eigenvalue weighted by Gasteiger charge is 2.11. The van der Waals surface area contributed by atoms with Crippen molar-refractivity contribution in [3.05, 3.63) is 24.0 Å². The summed E-state index contributed by atoms with van der Waals surface area (Å²) >= 11 is 0. The summed E-state index contributed by atoms with van der Waals surface area (Å²) in [6.07, 6.45) is 1.95. The van der Waals surface area contributed by atoms with Gasteiger partial charge in [-0.1, -0.05) is 0 Å². The molecule has 1 aromatic rings. The zero-order valence-electron chi connectivity index (χ0n) is 12.2. The highest BCUT2D eigenvalue weighted by atomic mass is 16.5. The summed E-state index contributed by atoms with van der Waals surface area (Å²) in [4.78, 5) is 13.9. The summed E-state index contributed by atoms with van der Waals surface area (Å²) in [5.41, 5.74) is 1.12. The van der Waals surface area contributed by atoms with E-state index in [0.717, 1.165) is 31.9 Å². The molecule has 1 rings (SSSR count). The standard InChI is InChI=1S/C14H25N3O2/c1-4-16(5-2)14(18)12-17-9-6-7-13(17)11-15-8-10-19-3/h6-7,9,15H,4-5,8,10-12H2,1-3H3. The second-order valence-electron chi connectivity index (χ2n) is 4.36. The van der Waals surface area contributed by atoms with Gasteiger partial charge in [-0.2, -0.15) is 0 Å². The lowest BCUT2D eigenvalue weighted by atomic mass is 10.4. The number of ether oxygens (including phenoxy) is 1. The van der Waals surface area contributed by atoms with E-state index in [1.165, 1.54) is 0 Å². The molecule has 0 fully saturated rings. The Morgan fingerprint density at radius 1 is 1.42 bits per heavy atom. The van der Waals surface area contributed by atoms with Crippen LogP contribution in [0.1, 0.15) is 19.5 Å². The Labute approximate surface area is 115 Å². The molecule has 1 heterocycles. The van der Waals surface area contributed by atoms with E-state index in [2.05, 4.69) is 5.32 Å². The largest absolute Gasteiger partial charge is 0.383 e. The van der Waals surface area contributed by atoms with Crippen molar-refractivity contribution in [1.82, 2.24) is 14.8 Å². The van der Waals surface area contributed by atoms with Gasteiger partial charge in [0.15, 0.2) is 0 Å². The summed E-state index contributed by atoms with van der Waals surface area (Å²) in [6, 6.07) is 4.01. The molecule has 108 valence electrons. The third kappa shape index (κ3) is 5.04. The zero-order valence-corrected chi connectivity index (χ0v) is 12.2. The summed E-state index contributed by atoms with van der Waals surface area (Å²) in [5, 5.41) is 3.29. The van der Waals surface area contributed by atoms with Crippen molar-refractivity contribution < 1.29 is 9.53 Å². The lowest BCUT2D eigenvalue weighted by Crippen LogP contribution is -2.34. The predicted octanol–water partition coefficient (Wildman–Crippen LogP) is 1.09. The van der Waals surface area contributed by atoms with Crippen LogP contribution in [-0.4, -0.2) is 48.7 Å². The Kier molecular flexibility index (Phi) is 7.22. The highest BCUT2D eigenvalue weighted by Crippen LogP contribution is 2.03. The number of nitrogens with one attached hydrogen (secondary N) is 1. The minimum Gasteiger partial charge on any atom is -0.383 e. The minimum absolute atomic E-state index is 0.166. The number of rotatable bonds is 9. The van der Waals surface area contributed by atoms with Crippen LogP contribution in [0.15, 0.2) is 18.3 Å². The number of aromatic nitrogens is 1. The number of carbonyl (C=O) groups is 1. The second-order valence-corrected chi connectivity index (χ2v) is 4.36. The van der Waals surface area contributed by atoms with Crippen molar-refractivity contribution in [3.63, 3.8) is 0 Å². The van der Waals surface area contributed by atoms with Crippen LogP contribution >= 0.6 is 0 Å². The molecule has 0 aliphatic carbocycles. The molecule has 0 unspecified atom stereocenters. The average Bonchev–Trinajstić information content (AvgIpc) is 2.83. The molecule has 0 saturated carbocycles. The van der Waals surface area contributed by atoms with E-state index >= 15 is 0 Å². The number of amides is 1. The second kappa shape index (κ2) is 8.72. The van der Waals surface area contributed by atoms with Crippen molar-refractivity contribution in [3.8, 4) is 0 Å². The van der Waals surface area contributed by atoms with Gasteiger partial charge in [-0.15, -0.1) is 0 Å². The van der Waals surface area contributed by atoms with Crippen LogP contribution in [0, 0.1) is 0 Å². The van der Waals surface area contributed by atoms with Crippen LogP contribution in [0.2, 0.25) is 0 Å². The Bertz CT molecular complexity index is 373. The molecule has 0 aromatic carbocycles. The van der Waals surface area contributed by atoms with Crippen molar-refractivity contribution in [2.75, 3.05) is 33.4 Å². The number of likely N-dealkylation sites (N-methyl/N-ethyl adjacent to an activating group) is 1. The Morgan fingerprint density at radius 3 is 2.79 bits per heavy atom. The molecule has 0 spiro atoms. The molecule has 0 bridgehead atoms. The number of methoxy groups -OCH3 is 1. The van der Waals surface area contributed by atoms with E-state index in [4.69, 9.17) is 4.74 Å². The van der Waals surface area contributed by atoms with Gasteiger partial charge in [0.05, 0.1) is 6.61 Å². The molecule has 1 amide bonds. The van der Waals surface area contributed by atoms with Crippen molar-refractivity contribution >= 4 is 5.91 Å². The molecule has 1 aromatic heterocycles. The molecule has 0 aliphatic rings. The number of nitrogens with zero attached hydrogens (tertiary/aromatic N) is 2. The predicted molar refractivity (Wildman–Crippen MR) is 75.9 cm³/mol. The molecule has 5 heteroatoms. The van der Waals surface area contributed by atoms with Gasteiger partial charge in [-0.3, -0.25) is 4.79 Å². The summed E-state index contributed by atoms with van der Waals surface area (Å²) in [5.74, 6) is 0.166. The fourth-order valence-electron chi connectivity index (χ4n) is 1.98. The van der Waals surface area contributed by atoms with Gasteiger partial charge in [0.1, 0.15) is 6.54 Å². The van der Waals surface area contributed by atoms with Crippen LogP contribution in [-0.2, 0) is 22.6 Å². The molecular weight excluding hydrogens is 242 g/mol. The summed E-state index contributed by atoms with van der Waals surface area (Å²) in [6.45, 7) is 8.20. The van der Waals surface area contributed by atoms with Gasteiger partial charge in [-0.25, -0.2) is 0 Å². The van der Waals surface area contributed by atoms with Gasteiger partial charge in [0.2, 0.25) is 5.91 Å². The number of hydrogen-bond donors (Lipinski definition) is 1. The van der Waals surface area contributed by atoms with Crippen molar-refractivity contribution in [2.24, 2.45) is 0 Å². The normalized spacial score (nSPS) is 10.7. The molecule has 5 nitrogen and oxygen atoms in total. The zero-order chi connectivity index (χ0) is 14.1. The molecule has 0 aliphatic heterocycles. The Balaban J connectivity index is 2.50. The quantitative estimate of drug-likeness (QED) is 0.681. The lowest BCUT2D eigenvalue weighted by molar-refractivity contribution is -0.131. The van der Waals surface area contributed by atoms with Gasteiger partial charge in [0.25, 0.3) is 0 Å². The fourth-order valence-corrected chi connectivity index (χ4v) is 1.98. The first kappa shape index (κ1) is 15.7. The molecular formula is C14H25N3O2. The molecule has 19 heavy (non-hydrogen) atoms. The molecule has 1 N–H and O–H groups in total. The Morgan fingerprint density at radius 2 is 2.16 bits per heavy atom. The van der Waals surface area contributed by atoms with Crippen LogP contribution in [0.3, 0.4) is 0 Å². The first-order valence-corrected chi connectivity index (χ1v) is 6.84. The van der Waals surface area contributed by atoms with Crippen LogP contribution in [0.5, 0.6) is 0 Å². The molecule has 0 radical (unpaired) electrons. The monoisotopic (exact) mass is 267 g/mol. The lowest BCUT2D eigenvalue weighted by Gasteiger charge is -2.20. The van der Waals surface area contributed by atoms with E-state index in [9.17, 15) is 4.79 Å². The number of carbonyl (C=O) groups excluding carboxylic acids is 1. The van der Waals surface area contributed by atoms with E-state index in [0.29, 0.717) is 13.2 Å². The van der Waals surface area contributed by atoms with Gasteiger partial charge < -0.3 is 19.5 Å². The van der Waals surface area contributed by atoms with Crippen LogP contribution < -0.4 is 5.32 Å². The third-order valence-corrected chi connectivity index (χ3v) is 3.13. The van der Waals surface area contributed by atoms with Crippen LogP contribution in [0.25, 0.3) is 0 Å². The van der Waals surface area contributed by atoms with Gasteiger partial charge >= 0.3 is 0 Å². The van der Waals surface area contributed by atoms with E-state index in [-0.39, 0.29) is 5.91 Å². The highest BCUT2D eigenvalue weighted by molar-refractivity contribution is 5.76. The van der Waals surface area contributed by atoms with Crippen molar-refractivity contribution in [2.45, 2.75) is 26.9 Å². The minimum atomic E-state index is 0.166. The fraction of sp³-hybridized carbons (Fsp3) is 0.643. The van der Waals surface area contributed by atoms with E-state index in [1.807, 2.05) is 41.6 Å². The topological polar surface area (TPSA) is 46.5 Å². The first-order valence-electron chi connectivity index (χ1n) is 6.84. The third-order valence-electron chi connectivity index (χ3n) is 3.13. The van der Waals surface area contributed by atoms with Crippen LogP contribution in [0.4, 0.5) is 0 Å². The Hall–Kier alpha value is -1.33. The maximum absolute atomic E-state index is 12.1. The van der Waals surface area contributed by atoms with Gasteiger partial charge in [-0.05, 0) is 26.0 Å². The van der Waals surface area contributed by atoms with Crippen molar-refractivity contribution in [1.29, 1.82) is 0 Å². The smallest absolute Gasteiger partial charge is 0.242 e. The number of hydrogen-bond acceptors (Lipinski definition) is 3. The van der Waals surface area contributed by atoms with E-state index in [1.54, 1.807) is 7.11 Å². The molecule has 0 atom stereocenters. The summed E-state index contributed by atoms with van der Waals surface area (Å²) < 4.78 is 6.99. The van der Waals surface area contributed by atoms with E-state index < -0.39 is 0 Å².